The number of aliphatic carboxylic acids is 1. The Morgan fingerprint density at radius 1 is 1.21 bits per heavy atom. The van der Waals surface area contributed by atoms with E-state index in [9.17, 15) is 19.1 Å². The molecule has 6 nitrogen and oxygen atoms in total. The van der Waals surface area contributed by atoms with Gasteiger partial charge in [0.15, 0.2) is 0 Å². The maximum atomic E-state index is 13.2. The summed E-state index contributed by atoms with van der Waals surface area (Å²) in [6.07, 6.45) is 3.05. The Kier molecular flexibility index (Phi) is 4.69. The third kappa shape index (κ3) is 3.08. The lowest BCUT2D eigenvalue weighted by molar-refractivity contribution is -0.149. The van der Waals surface area contributed by atoms with Crippen LogP contribution in [0.25, 0.3) is 5.69 Å². The molecule has 1 aliphatic carbocycles. The van der Waals surface area contributed by atoms with Crippen LogP contribution in [-0.4, -0.2) is 44.3 Å². The van der Waals surface area contributed by atoms with Crippen molar-refractivity contribution >= 4 is 11.9 Å². The second-order valence-corrected chi connectivity index (χ2v) is 7.90. The first-order chi connectivity index (χ1) is 13.4. The summed E-state index contributed by atoms with van der Waals surface area (Å²) in [5, 5.41) is 14.2. The molecule has 4 rings (SSSR count). The molecular weight excluding hydrogens is 361 g/mol. The minimum absolute atomic E-state index is 0.0746. The highest BCUT2D eigenvalue weighted by atomic mass is 19.1. The van der Waals surface area contributed by atoms with Gasteiger partial charge in [-0.25, -0.2) is 13.9 Å². The minimum atomic E-state index is -0.904. The molecule has 2 fully saturated rings. The van der Waals surface area contributed by atoms with Gasteiger partial charge < -0.3 is 10.0 Å². The van der Waals surface area contributed by atoms with Crippen LogP contribution < -0.4 is 0 Å². The van der Waals surface area contributed by atoms with Gasteiger partial charge in [-0.3, -0.25) is 4.79 Å². The normalized spacial score (nSPS) is 23.8. The maximum Gasteiger partial charge on any atom is 0.326 e. The van der Waals surface area contributed by atoms with Crippen molar-refractivity contribution in [1.82, 2.24) is 14.7 Å². The largest absolute Gasteiger partial charge is 0.480 e. The molecule has 7 heteroatoms. The second-order valence-electron chi connectivity index (χ2n) is 7.90. The third-order valence-electron chi connectivity index (χ3n) is 6.30. The van der Waals surface area contributed by atoms with E-state index in [1.807, 2.05) is 13.8 Å². The summed E-state index contributed by atoms with van der Waals surface area (Å²) < 4.78 is 14.9. The number of aromatic nitrogens is 2. The van der Waals surface area contributed by atoms with Crippen LogP contribution in [0.2, 0.25) is 0 Å². The fourth-order valence-electron chi connectivity index (χ4n) is 4.90. The molecule has 1 saturated heterocycles. The Bertz CT molecular complexity index is 922. The summed E-state index contributed by atoms with van der Waals surface area (Å²) >= 11 is 0. The van der Waals surface area contributed by atoms with E-state index < -0.39 is 12.0 Å². The van der Waals surface area contributed by atoms with Crippen LogP contribution >= 0.6 is 0 Å². The van der Waals surface area contributed by atoms with Crippen LogP contribution in [0, 0.1) is 31.5 Å². The third-order valence-corrected chi connectivity index (χ3v) is 6.30. The van der Waals surface area contributed by atoms with Crippen LogP contribution in [0.4, 0.5) is 4.39 Å². The SMILES string of the molecule is Cc1nn(-c2ccc(F)cc2)c(C)c1CC(=O)N1CC2CCCC2C1C(=O)O. The summed E-state index contributed by atoms with van der Waals surface area (Å²) in [6, 6.07) is 5.31. The highest BCUT2D eigenvalue weighted by molar-refractivity contribution is 5.86. The number of rotatable bonds is 4. The van der Waals surface area contributed by atoms with Gasteiger partial charge in [0, 0.05) is 17.8 Å². The lowest BCUT2D eigenvalue weighted by atomic mass is 9.94. The zero-order valence-corrected chi connectivity index (χ0v) is 16.1. The first-order valence-corrected chi connectivity index (χ1v) is 9.70. The van der Waals surface area contributed by atoms with E-state index in [4.69, 9.17) is 0 Å². The molecule has 2 aliphatic rings. The molecule has 1 aliphatic heterocycles. The molecular formula is C21H24FN3O3. The van der Waals surface area contributed by atoms with Crippen molar-refractivity contribution < 1.29 is 19.1 Å². The quantitative estimate of drug-likeness (QED) is 0.878. The molecule has 3 unspecified atom stereocenters. The molecule has 1 amide bonds. The Hall–Kier alpha value is -2.70. The molecule has 148 valence electrons. The predicted octanol–water partition coefficient (Wildman–Crippen LogP) is 2.88. The Labute approximate surface area is 163 Å². The van der Waals surface area contributed by atoms with Crippen molar-refractivity contribution in [3.05, 3.63) is 47.0 Å². The predicted molar refractivity (Wildman–Crippen MR) is 101 cm³/mol. The maximum absolute atomic E-state index is 13.2. The van der Waals surface area contributed by atoms with Gasteiger partial charge in [0.05, 0.1) is 17.8 Å². The molecule has 0 radical (unpaired) electrons. The number of carbonyl (C=O) groups excluding carboxylic acids is 1. The highest BCUT2D eigenvalue weighted by Gasteiger charge is 2.49. The molecule has 2 heterocycles. The summed E-state index contributed by atoms with van der Waals surface area (Å²) in [5.74, 6) is -1.01. The van der Waals surface area contributed by atoms with Crippen LogP contribution in [0.15, 0.2) is 24.3 Å². The van der Waals surface area contributed by atoms with Crippen molar-refractivity contribution in [3.8, 4) is 5.69 Å². The fraction of sp³-hybridized carbons (Fsp3) is 0.476. The average molecular weight is 385 g/mol. The first-order valence-electron chi connectivity index (χ1n) is 9.70. The van der Waals surface area contributed by atoms with E-state index in [2.05, 4.69) is 5.10 Å². The van der Waals surface area contributed by atoms with Crippen LogP contribution in [0.3, 0.4) is 0 Å². The van der Waals surface area contributed by atoms with Gasteiger partial charge in [0.1, 0.15) is 11.9 Å². The number of hydrogen-bond donors (Lipinski definition) is 1. The molecule has 2 aromatic rings. The molecule has 3 atom stereocenters. The lowest BCUT2D eigenvalue weighted by Gasteiger charge is -2.24. The first kappa shape index (κ1) is 18.7. The zero-order chi connectivity index (χ0) is 20.0. The Balaban J connectivity index is 1.58. The standard InChI is InChI=1S/C21H24FN3O3/c1-12-18(13(2)25(23-12)16-8-6-15(22)7-9-16)10-19(26)24-11-14-4-3-5-17(14)20(24)21(27)28/h6-9,14,17,20H,3-5,10-11H2,1-2H3,(H,27,28). The van der Waals surface area contributed by atoms with Crippen LogP contribution in [0.5, 0.6) is 0 Å². The van der Waals surface area contributed by atoms with E-state index in [-0.39, 0.29) is 24.1 Å². The number of likely N-dealkylation sites (tertiary alicyclic amines) is 1. The second kappa shape index (κ2) is 7.04. The van der Waals surface area contributed by atoms with E-state index in [0.717, 1.165) is 41.9 Å². The summed E-state index contributed by atoms with van der Waals surface area (Å²) in [4.78, 5) is 26.4. The molecule has 0 bridgehead atoms. The molecule has 1 aromatic heterocycles. The van der Waals surface area contributed by atoms with Crippen molar-refractivity contribution in [2.45, 2.75) is 45.6 Å². The van der Waals surface area contributed by atoms with Gasteiger partial charge >= 0.3 is 5.97 Å². The van der Waals surface area contributed by atoms with E-state index in [0.29, 0.717) is 12.5 Å². The van der Waals surface area contributed by atoms with Gasteiger partial charge in [-0.05, 0) is 62.8 Å². The number of aryl methyl sites for hydroxylation is 1. The van der Waals surface area contributed by atoms with Crippen LogP contribution in [-0.2, 0) is 16.0 Å². The molecule has 0 spiro atoms. The topological polar surface area (TPSA) is 75.4 Å². The number of fused-ring (bicyclic) bond motifs is 1. The number of carboxylic acid groups (broad SMARTS) is 1. The average Bonchev–Trinajstić information content (AvgIpc) is 3.31. The number of amides is 1. The van der Waals surface area contributed by atoms with Crippen molar-refractivity contribution in [2.24, 2.45) is 11.8 Å². The number of carboxylic acids is 1. The molecule has 28 heavy (non-hydrogen) atoms. The van der Waals surface area contributed by atoms with E-state index >= 15 is 0 Å². The monoisotopic (exact) mass is 385 g/mol. The number of hydrogen-bond acceptors (Lipinski definition) is 3. The van der Waals surface area contributed by atoms with Gasteiger partial charge in [0.2, 0.25) is 5.91 Å². The van der Waals surface area contributed by atoms with Crippen molar-refractivity contribution in [2.75, 3.05) is 6.54 Å². The number of nitrogens with zero attached hydrogens (tertiary/aromatic N) is 3. The summed E-state index contributed by atoms with van der Waals surface area (Å²) in [7, 11) is 0. The van der Waals surface area contributed by atoms with E-state index in [1.165, 1.54) is 12.1 Å². The number of carbonyl (C=O) groups is 2. The molecule has 1 aromatic carbocycles. The van der Waals surface area contributed by atoms with Crippen molar-refractivity contribution in [3.63, 3.8) is 0 Å². The number of benzene rings is 1. The highest BCUT2D eigenvalue weighted by Crippen LogP contribution is 2.42. The zero-order valence-electron chi connectivity index (χ0n) is 16.1. The fourth-order valence-corrected chi connectivity index (χ4v) is 4.90. The summed E-state index contributed by atoms with van der Waals surface area (Å²) in [5.41, 5.74) is 3.06. The van der Waals surface area contributed by atoms with Gasteiger partial charge in [-0.15, -0.1) is 0 Å². The Morgan fingerprint density at radius 2 is 1.93 bits per heavy atom. The lowest BCUT2D eigenvalue weighted by Crippen LogP contribution is -2.44. The van der Waals surface area contributed by atoms with Gasteiger partial charge in [0.25, 0.3) is 0 Å². The van der Waals surface area contributed by atoms with Gasteiger partial charge in [-0.2, -0.15) is 5.10 Å². The van der Waals surface area contributed by atoms with Crippen LogP contribution in [0.1, 0.15) is 36.2 Å². The van der Waals surface area contributed by atoms with Gasteiger partial charge in [-0.1, -0.05) is 6.42 Å². The Morgan fingerprint density at radius 3 is 2.61 bits per heavy atom. The molecule has 1 saturated carbocycles. The molecule has 1 N–H and O–H groups in total. The van der Waals surface area contributed by atoms with Crippen molar-refractivity contribution in [1.29, 1.82) is 0 Å². The summed E-state index contributed by atoms with van der Waals surface area (Å²) in [6.45, 7) is 4.24. The minimum Gasteiger partial charge on any atom is -0.480 e. The van der Waals surface area contributed by atoms with E-state index in [1.54, 1.807) is 21.7 Å². The smallest absolute Gasteiger partial charge is 0.326 e. The number of halogens is 1.